The molecule has 1 heterocycles. The molecule has 0 fully saturated rings. The van der Waals surface area contributed by atoms with Crippen molar-refractivity contribution in [1.29, 1.82) is 0 Å². The lowest BCUT2D eigenvalue weighted by Gasteiger charge is -2.38. The molecular formula is C12H21N6OP. The average molecular weight is 296 g/mol. The molecule has 1 atom stereocenters. The van der Waals surface area contributed by atoms with Gasteiger partial charge in [0.15, 0.2) is 0 Å². The molecular weight excluding hydrogens is 275 g/mol. The Bertz CT molecular complexity index is 564. The molecule has 0 bridgehead atoms. The SMILES string of the molecule is CN(C)P(N(C)C)N(C)C(O)n1nnc2ccccc21. The Morgan fingerprint density at radius 3 is 2.30 bits per heavy atom. The van der Waals surface area contributed by atoms with Gasteiger partial charge in [-0.3, -0.25) is 9.34 Å². The maximum Gasteiger partial charge on any atom is 0.213 e. The van der Waals surface area contributed by atoms with Crippen LogP contribution in [0.15, 0.2) is 24.3 Å². The predicted octanol–water partition coefficient (Wildman–Crippen LogP) is 1.16. The summed E-state index contributed by atoms with van der Waals surface area (Å²) in [5.41, 5.74) is 1.60. The highest BCUT2D eigenvalue weighted by molar-refractivity contribution is 7.49. The number of fused-ring (bicyclic) bond motifs is 1. The summed E-state index contributed by atoms with van der Waals surface area (Å²) in [6.07, 6.45) is -0.863. The van der Waals surface area contributed by atoms with Crippen LogP contribution in [0.25, 0.3) is 11.0 Å². The molecule has 7 nitrogen and oxygen atoms in total. The van der Waals surface area contributed by atoms with Crippen LogP contribution < -0.4 is 0 Å². The van der Waals surface area contributed by atoms with Crippen molar-refractivity contribution in [2.24, 2.45) is 0 Å². The van der Waals surface area contributed by atoms with Crippen LogP contribution in [0.4, 0.5) is 0 Å². The van der Waals surface area contributed by atoms with Crippen LogP contribution in [0.1, 0.15) is 6.35 Å². The van der Waals surface area contributed by atoms with Crippen LogP contribution in [-0.2, 0) is 0 Å². The van der Waals surface area contributed by atoms with E-state index in [0.29, 0.717) is 0 Å². The van der Waals surface area contributed by atoms with Gasteiger partial charge in [0.1, 0.15) is 13.9 Å². The Morgan fingerprint density at radius 2 is 1.70 bits per heavy atom. The number of benzene rings is 1. The van der Waals surface area contributed by atoms with E-state index in [1.165, 1.54) is 4.68 Å². The molecule has 8 heteroatoms. The Labute approximate surface area is 120 Å². The maximum atomic E-state index is 10.6. The number of aliphatic hydroxyl groups is 1. The molecule has 0 saturated carbocycles. The van der Waals surface area contributed by atoms with Gasteiger partial charge in [-0.15, -0.1) is 5.10 Å². The highest BCUT2D eigenvalue weighted by Crippen LogP contribution is 2.45. The molecule has 1 unspecified atom stereocenters. The normalized spacial score (nSPS) is 14.1. The summed E-state index contributed by atoms with van der Waals surface area (Å²) in [6, 6.07) is 7.60. The molecule has 0 spiro atoms. The van der Waals surface area contributed by atoms with Crippen LogP contribution in [0.2, 0.25) is 0 Å². The Morgan fingerprint density at radius 1 is 1.10 bits per heavy atom. The Balaban J connectivity index is 2.32. The minimum absolute atomic E-state index is 0.777. The summed E-state index contributed by atoms with van der Waals surface area (Å²) < 4.78 is 7.59. The average Bonchev–Trinajstić information content (AvgIpc) is 2.80. The molecule has 0 aliphatic carbocycles. The van der Waals surface area contributed by atoms with Crippen molar-refractivity contribution in [3.63, 3.8) is 0 Å². The number of nitrogens with zero attached hydrogens (tertiary/aromatic N) is 6. The monoisotopic (exact) mass is 296 g/mol. The summed E-state index contributed by atoms with van der Waals surface area (Å²) in [5.74, 6) is 0. The third-order valence-electron chi connectivity index (χ3n) is 2.93. The fourth-order valence-corrected chi connectivity index (χ4v) is 4.36. The van der Waals surface area contributed by atoms with E-state index in [1.807, 2.05) is 64.2 Å². The second kappa shape index (κ2) is 6.11. The van der Waals surface area contributed by atoms with E-state index >= 15 is 0 Å². The number of hydrogen-bond acceptors (Lipinski definition) is 6. The summed E-state index contributed by atoms with van der Waals surface area (Å²) >= 11 is 0. The summed E-state index contributed by atoms with van der Waals surface area (Å²) in [7, 11) is 9.08. The molecule has 20 heavy (non-hydrogen) atoms. The highest BCUT2D eigenvalue weighted by Gasteiger charge is 2.28. The first kappa shape index (κ1) is 15.3. The van der Waals surface area contributed by atoms with Crippen molar-refractivity contribution in [1.82, 2.24) is 29.0 Å². The van der Waals surface area contributed by atoms with Crippen molar-refractivity contribution >= 4 is 19.4 Å². The maximum absolute atomic E-state index is 10.6. The van der Waals surface area contributed by atoms with E-state index in [1.54, 1.807) is 0 Å². The fourth-order valence-electron chi connectivity index (χ4n) is 2.23. The van der Waals surface area contributed by atoms with Gasteiger partial charge in [-0.25, -0.2) is 9.35 Å². The van der Waals surface area contributed by atoms with E-state index in [4.69, 9.17) is 0 Å². The lowest BCUT2D eigenvalue weighted by molar-refractivity contribution is -0.000265. The van der Waals surface area contributed by atoms with Gasteiger partial charge in [-0.1, -0.05) is 17.3 Å². The van der Waals surface area contributed by atoms with E-state index in [9.17, 15) is 5.11 Å². The lowest BCUT2D eigenvalue weighted by atomic mass is 10.3. The van der Waals surface area contributed by atoms with Crippen LogP contribution in [0.5, 0.6) is 0 Å². The second-order valence-electron chi connectivity index (χ2n) is 4.91. The fraction of sp³-hybridized carbons (Fsp3) is 0.500. The quantitative estimate of drug-likeness (QED) is 0.660. The summed E-state index contributed by atoms with van der Waals surface area (Å²) in [6.45, 7) is 0. The van der Waals surface area contributed by atoms with Gasteiger partial charge < -0.3 is 5.11 Å². The molecule has 110 valence electrons. The minimum Gasteiger partial charge on any atom is -0.359 e. The molecule has 0 saturated heterocycles. The largest absolute Gasteiger partial charge is 0.359 e. The predicted molar refractivity (Wildman–Crippen MR) is 80.8 cm³/mol. The van der Waals surface area contributed by atoms with Crippen LogP contribution >= 0.6 is 8.37 Å². The third kappa shape index (κ3) is 2.82. The first-order valence-electron chi connectivity index (χ1n) is 6.29. The first-order chi connectivity index (χ1) is 9.43. The molecule has 1 N–H and O–H groups in total. The Kier molecular flexibility index (Phi) is 4.67. The summed E-state index contributed by atoms with van der Waals surface area (Å²) in [4.78, 5) is 0. The molecule has 0 aliphatic heterocycles. The molecule has 2 rings (SSSR count). The molecule has 2 aromatic rings. The zero-order chi connectivity index (χ0) is 14.9. The zero-order valence-electron chi connectivity index (χ0n) is 12.5. The van der Waals surface area contributed by atoms with Crippen molar-refractivity contribution in [3.8, 4) is 0 Å². The molecule has 1 aromatic heterocycles. The van der Waals surface area contributed by atoms with Gasteiger partial charge in [0.25, 0.3) is 0 Å². The number of para-hydroxylation sites is 1. The van der Waals surface area contributed by atoms with Crippen LogP contribution in [-0.4, -0.2) is 69.4 Å². The van der Waals surface area contributed by atoms with Crippen LogP contribution in [0.3, 0.4) is 0 Å². The smallest absolute Gasteiger partial charge is 0.213 e. The van der Waals surface area contributed by atoms with Gasteiger partial charge in [-0.05, 0) is 47.4 Å². The van der Waals surface area contributed by atoms with Gasteiger partial charge in [-0.2, -0.15) is 0 Å². The first-order valence-corrected chi connectivity index (χ1v) is 7.49. The number of aliphatic hydroxyl groups excluding tert-OH is 1. The van der Waals surface area contributed by atoms with E-state index in [2.05, 4.69) is 19.7 Å². The molecule has 0 radical (unpaired) electrons. The number of hydrogen-bond donors (Lipinski definition) is 1. The molecule has 0 aliphatic rings. The standard InChI is InChI=1S/C12H21N6OP/c1-15(2)20(16(3)4)17(5)12(19)18-11-9-7-6-8-10(11)13-14-18/h6-9,12,19H,1-5H3. The van der Waals surface area contributed by atoms with Crippen molar-refractivity contribution in [2.45, 2.75) is 6.35 Å². The Hall–Kier alpha value is -1.11. The van der Waals surface area contributed by atoms with Gasteiger partial charge in [0.05, 0.1) is 5.52 Å². The number of aromatic nitrogens is 3. The third-order valence-corrected chi connectivity index (χ3v) is 5.13. The minimum atomic E-state index is -0.863. The topological polar surface area (TPSA) is 60.7 Å². The van der Waals surface area contributed by atoms with E-state index in [0.717, 1.165) is 11.0 Å². The van der Waals surface area contributed by atoms with Crippen LogP contribution in [0, 0.1) is 0 Å². The molecule has 0 amide bonds. The van der Waals surface area contributed by atoms with E-state index < -0.39 is 14.7 Å². The van der Waals surface area contributed by atoms with Gasteiger partial charge >= 0.3 is 0 Å². The van der Waals surface area contributed by atoms with Gasteiger partial charge in [0, 0.05) is 0 Å². The zero-order valence-corrected chi connectivity index (χ0v) is 13.4. The van der Waals surface area contributed by atoms with E-state index in [-0.39, 0.29) is 0 Å². The van der Waals surface area contributed by atoms with Crippen molar-refractivity contribution in [3.05, 3.63) is 24.3 Å². The molecule has 1 aromatic carbocycles. The summed E-state index contributed by atoms with van der Waals surface area (Å²) in [5, 5.41) is 18.7. The highest BCUT2D eigenvalue weighted by atomic mass is 31.2. The van der Waals surface area contributed by atoms with Crippen molar-refractivity contribution in [2.75, 3.05) is 35.2 Å². The second-order valence-corrected chi connectivity index (χ2v) is 7.67. The number of rotatable bonds is 5. The van der Waals surface area contributed by atoms with Crippen molar-refractivity contribution < 1.29 is 5.11 Å². The lowest BCUT2D eigenvalue weighted by Crippen LogP contribution is -2.34. The van der Waals surface area contributed by atoms with Gasteiger partial charge in [0.2, 0.25) is 6.35 Å².